The molecule has 3 heterocycles. The number of aromatic amines is 1. The zero-order valence-electron chi connectivity index (χ0n) is 29.2. The van der Waals surface area contributed by atoms with E-state index >= 15 is 0 Å². The van der Waals surface area contributed by atoms with Crippen molar-refractivity contribution in [1.82, 2.24) is 20.1 Å². The van der Waals surface area contributed by atoms with E-state index in [2.05, 4.69) is 63.9 Å². The van der Waals surface area contributed by atoms with Crippen molar-refractivity contribution >= 4 is 17.5 Å². The minimum absolute atomic E-state index is 0.0291. The Labute approximate surface area is 285 Å². The summed E-state index contributed by atoms with van der Waals surface area (Å²) in [4.78, 5) is 48.4. The summed E-state index contributed by atoms with van der Waals surface area (Å²) in [6, 6.07) is 15.0. The van der Waals surface area contributed by atoms with Crippen molar-refractivity contribution in [1.29, 1.82) is 0 Å². The van der Waals surface area contributed by atoms with Gasteiger partial charge in [0.05, 0.1) is 6.10 Å². The van der Waals surface area contributed by atoms with Gasteiger partial charge >= 0.3 is 0 Å². The molecular weight excluding hydrogens is 602 g/mol. The summed E-state index contributed by atoms with van der Waals surface area (Å²) in [6.07, 6.45) is 5.60. The van der Waals surface area contributed by atoms with Gasteiger partial charge in [-0.05, 0) is 112 Å². The van der Waals surface area contributed by atoms with Gasteiger partial charge in [0, 0.05) is 74.9 Å². The van der Waals surface area contributed by atoms with E-state index in [4.69, 9.17) is 4.74 Å². The first-order valence-electron chi connectivity index (χ1n) is 17.3. The number of likely N-dealkylation sites (tertiary alicyclic amines) is 2. The maximum absolute atomic E-state index is 13.9. The summed E-state index contributed by atoms with van der Waals surface area (Å²) in [7, 11) is 1.79. The number of hydrogen-bond donors (Lipinski definition) is 2. The SMILES string of the molecule is C=CC(=O)N1CCC(N(CC)c2cc(-c3ccc(CN4CCCC(OC)C4)cc3)cc(C(=O)NCc3c(C)cc(C)[nH]c3=O)c2C)CC1. The average molecular weight is 654 g/mol. The van der Waals surface area contributed by atoms with Crippen LogP contribution < -0.4 is 15.8 Å². The highest BCUT2D eigenvalue weighted by atomic mass is 16.5. The summed E-state index contributed by atoms with van der Waals surface area (Å²) in [5.41, 5.74) is 7.76. The van der Waals surface area contributed by atoms with Crippen molar-refractivity contribution in [3.63, 3.8) is 0 Å². The summed E-state index contributed by atoms with van der Waals surface area (Å²) >= 11 is 0. The molecule has 2 aliphatic heterocycles. The lowest BCUT2D eigenvalue weighted by atomic mass is 9.94. The lowest BCUT2D eigenvalue weighted by molar-refractivity contribution is -0.127. The molecule has 0 radical (unpaired) electrons. The van der Waals surface area contributed by atoms with Crippen LogP contribution in [0.25, 0.3) is 11.1 Å². The molecule has 1 unspecified atom stereocenters. The van der Waals surface area contributed by atoms with Crippen LogP contribution in [0.5, 0.6) is 0 Å². The van der Waals surface area contributed by atoms with Gasteiger partial charge in [-0.25, -0.2) is 0 Å². The molecule has 9 nitrogen and oxygen atoms in total. The van der Waals surface area contributed by atoms with E-state index in [1.807, 2.05) is 37.8 Å². The minimum Gasteiger partial charge on any atom is -0.380 e. The standard InChI is InChI=1S/C39H51N5O4/c1-7-37(45)43-18-15-32(16-19-43)44(8-2)36-22-31(30-13-11-29(12-14-30)24-42-17-9-10-33(25-42)48-6)21-34(28(36)5)38(46)40-23-35-26(3)20-27(4)41-39(35)47/h7,11-14,20-22,32-33H,1,8-10,15-19,23-25H2,2-6H3,(H,40,46)(H,41,47). The van der Waals surface area contributed by atoms with Crippen LogP contribution in [0.3, 0.4) is 0 Å². The van der Waals surface area contributed by atoms with Crippen molar-refractivity contribution in [2.75, 3.05) is 44.7 Å². The van der Waals surface area contributed by atoms with E-state index in [-0.39, 0.29) is 36.1 Å². The van der Waals surface area contributed by atoms with Crippen LogP contribution in [-0.4, -0.2) is 78.6 Å². The first kappa shape index (κ1) is 35.1. The van der Waals surface area contributed by atoms with E-state index in [1.165, 1.54) is 11.6 Å². The second kappa shape index (κ2) is 15.8. The van der Waals surface area contributed by atoms with E-state index in [1.54, 1.807) is 7.11 Å². The Hall–Kier alpha value is -4.21. The van der Waals surface area contributed by atoms with Crippen LogP contribution in [0.1, 0.15) is 70.9 Å². The number of anilines is 1. The highest BCUT2D eigenvalue weighted by molar-refractivity contribution is 5.99. The van der Waals surface area contributed by atoms with Crippen molar-refractivity contribution in [3.05, 3.63) is 99.0 Å². The van der Waals surface area contributed by atoms with Gasteiger partial charge in [-0.3, -0.25) is 19.3 Å². The Bertz CT molecular complexity index is 1670. The minimum atomic E-state index is -0.216. The number of aromatic nitrogens is 1. The predicted molar refractivity (Wildman–Crippen MR) is 192 cm³/mol. The number of H-pyrrole nitrogens is 1. The second-order valence-corrected chi connectivity index (χ2v) is 13.3. The van der Waals surface area contributed by atoms with Gasteiger partial charge in [-0.2, -0.15) is 0 Å². The number of nitrogens with one attached hydrogen (secondary N) is 2. The number of piperidine rings is 2. The zero-order chi connectivity index (χ0) is 34.4. The molecule has 2 aliphatic rings. The molecule has 0 aliphatic carbocycles. The predicted octanol–water partition coefficient (Wildman–Crippen LogP) is 5.51. The van der Waals surface area contributed by atoms with Gasteiger partial charge in [-0.1, -0.05) is 30.8 Å². The molecule has 2 N–H and O–H groups in total. The van der Waals surface area contributed by atoms with Crippen LogP contribution in [0.2, 0.25) is 0 Å². The van der Waals surface area contributed by atoms with E-state index in [0.717, 1.165) is 85.5 Å². The van der Waals surface area contributed by atoms with Gasteiger partial charge in [0.1, 0.15) is 0 Å². The van der Waals surface area contributed by atoms with Gasteiger partial charge in [0.25, 0.3) is 11.5 Å². The van der Waals surface area contributed by atoms with Crippen LogP contribution in [-0.2, 0) is 22.6 Å². The third kappa shape index (κ3) is 8.08. The van der Waals surface area contributed by atoms with E-state index < -0.39 is 0 Å². The Morgan fingerprint density at radius 2 is 1.77 bits per heavy atom. The van der Waals surface area contributed by atoms with Gasteiger partial charge in [-0.15, -0.1) is 0 Å². The third-order valence-corrected chi connectivity index (χ3v) is 10.1. The number of methoxy groups -OCH3 is 1. The number of carbonyl (C=O) groups excluding carboxylic acids is 2. The second-order valence-electron chi connectivity index (χ2n) is 13.3. The van der Waals surface area contributed by atoms with Crippen LogP contribution >= 0.6 is 0 Å². The molecule has 3 aromatic rings. The fourth-order valence-electron chi connectivity index (χ4n) is 7.33. The zero-order valence-corrected chi connectivity index (χ0v) is 29.2. The molecule has 0 saturated carbocycles. The summed E-state index contributed by atoms with van der Waals surface area (Å²) in [5.74, 6) is -0.245. The number of aryl methyl sites for hydroxylation is 2. The third-order valence-electron chi connectivity index (χ3n) is 10.1. The van der Waals surface area contributed by atoms with E-state index in [0.29, 0.717) is 24.2 Å². The number of amides is 2. The number of ether oxygens (including phenoxy) is 1. The molecule has 5 rings (SSSR count). The highest BCUT2D eigenvalue weighted by Crippen LogP contribution is 2.34. The molecule has 2 fully saturated rings. The van der Waals surface area contributed by atoms with Crippen LogP contribution in [0.15, 0.2) is 59.9 Å². The number of nitrogens with zero attached hydrogens (tertiary/aromatic N) is 3. The Morgan fingerprint density at radius 3 is 2.42 bits per heavy atom. The molecule has 1 atom stereocenters. The number of pyridine rings is 1. The maximum Gasteiger partial charge on any atom is 0.253 e. The van der Waals surface area contributed by atoms with Crippen molar-refractivity contribution in [2.45, 2.75) is 78.6 Å². The van der Waals surface area contributed by atoms with Gasteiger partial charge in [0.15, 0.2) is 0 Å². The first-order valence-corrected chi connectivity index (χ1v) is 17.3. The topological polar surface area (TPSA) is 98.0 Å². The number of hydrogen-bond acceptors (Lipinski definition) is 6. The molecule has 2 aromatic carbocycles. The Morgan fingerprint density at radius 1 is 1.04 bits per heavy atom. The molecule has 9 heteroatoms. The molecule has 0 bridgehead atoms. The Kier molecular flexibility index (Phi) is 11.5. The van der Waals surface area contributed by atoms with Crippen molar-refractivity contribution < 1.29 is 14.3 Å². The molecule has 256 valence electrons. The van der Waals surface area contributed by atoms with Crippen molar-refractivity contribution in [3.8, 4) is 11.1 Å². The van der Waals surface area contributed by atoms with E-state index in [9.17, 15) is 14.4 Å². The van der Waals surface area contributed by atoms with Gasteiger partial charge < -0.3 is 24.8 Å². The fraction of sp³-hybridized carbons (Fsp3) is 0.462. The van der Waals surface area contributed by atoms with Crippen LogP contribution in [0, 0.1) is 20.8 Å². The monoisotopic (exact) mass is 653 g/mol. The smallest absolute Gasteiger partial charge is 0.253 e. The van der Waals surface area contributed by atoms with Crippen LogP contribution in [0.4, 0.5) is 5.69 Å². The highest BCUT2D eigenvalue weighted by Gasteiger charge is 2.28. The summed E-state index contributed by atoms with van der Waals surface area (Å²) in [5, 5.41) is 3.04. The van der Waals surface area contributed by atoms with Crippen molar-refractivity contribution in [2.24, 2.45) is 0 Å². The first-order chi connectivity index (χ1) is 23.1. The lowest BCUT2D eigenvalue weighted by Gasteiger charge is -2.40. The molecular formula is C39H51N5O4. The summed E-state index contributed by atoms with van der Waals surface area (Å²) in [6.45, 7) is 16.7. The molecule has 48 heavy (non-hydrogen) atoms. The Balaban J connectivity index is 1.45. The number of rotatable bonds is 11. The molecule has 2 amide bonds. The molecule has 2 saturated heterocycles. The number of carbonyl (C=O) groups is 2. The fourth-order valence-corrected chi connectivity index (χ4v) is 7.33. The largest absolute Gasteiger partial charge is 0.380 e. The molecule has 0 spiro atoms. The lowest BCUT2D eigenvalue weighted by Crippen LogP contribution is -2.46. The summed E-state index contributed by atoms with van der Waals surface area (Å²) < 4.78 is 5.62. The normalized spacial score (nSPS) is 17.3. The number of benzene rings is 2. The maximum atomic E-state index is 13.9. The average Bonchev–Trinajstić information content (AvgIpc) is 3.09. The quantitative estimate of drug-likeness (QED) is 0.265. The van der Waals surface area contributed by atoms with Gasteiger partial charge in [0.2, 0.25) is 5.91 Å². The molecule has 1 aromatic heterocycles.